The summed E-state index contributed by atoms with van der Waals surface area (Å²) in [5.41, 5.74) is 0. The third kappa shape index (κ3) is 4.48. The molecule has 1 aromatic heterocycles. The summed E-state index contributed by atoms with van der Waals surface area (Å²) in [5.74, 6) is 0. The molecule has 0 saturated carbocycles. The predicted molar refractivity (Wildman–Crippen MR) is 90.0 cm³/mol. The van der Waals surface area contributed by atoms with Crippen LogP contribution in [0.5, 0.6) is 0 Å². The highest BCUT2D eigenvalue weighted by atomic mass is 32.2. The average molecular weight is 347 g/mol. The number of nitrogens with zero attached hydrogens (tertiary/aromatic N) is 4. The molecule has 6 nitrogen and oxygen atoms in total. The number of hydrogen-bond donors (Lipinski definition) is 0. The molecule has 0 amide bonds. The van der Waals surface area contributed by atoms with Gasteiger partial charge >= 0.3 is 0 Å². The Kier molecular flexibility index (Phi) is 6.76. The maximum absolute atomic E-state index is 12.7. The molecule has 0 spiro atoms. The first kappa shape index (κ1) is 17.8. The van der Waals surface area contributed by atoms with E-state index >= 15 is 0 Å². The Morgan fingerprint density at radius 3 is 2.32 bits per heavy atom. The van der Waals surface area contributed by atoms with Crippen LogP contribution >= 0.6 is 11.3 Å². The Morgan fingerprint density at radius 1 is 1.18 bits per heavy atom. The molecule has 0 unspecified atom stereocenters. The monoisotopic (exact) mass is 346 g/mol. The zero-order valence-electron chi connectivity index (χ0n) is 13.4. The Balaban J connectivity index is 1.91. The zero-order chi connectivity index (χ0) is 16.0. The Labute approximate surface area is 137 Å². The minimum Gasteiger partial charge on any atom is -0.294 e. The number of aromatic nitrogens is 1. The van der Waals surface area contributed by atoms with Gasteiger partial charge in [-0.3, -0.25) is 4.90 Å². The third-order valence-electron chi connectivity index (χ3n) is 3.77. The van der Waals surface area contributed by atoms with Crippen molar-refractivity contribution in [3.05, 3.63) is 16.6 Å². The summed E-state index contributed by atoms with van der Waals surface area (Å²) in [6.45, 7) is 8.74. The van der Waals surface area contributed by atoms with Crippen molar-refractivity contribution in [2.75, 3.05) is 39.3 Å². The number of piperazine rings is 1. The van der Waals surface area contributed by atoms with Crippen LogP contribution in [0.4, 0.5) is 0 Å². The summed E-state index contributed by atoms with van der Waals surface area (Å²) in [6, 6.07) is 0. The van der Waals surface area contributed by atoms with Crippen LogP contribution in [0.25, 0.3) is 0 Å². The van der Waals surface area contributed by atoms with E-state index in [1.807, 2.05) is 25.4 Å². The van der Waals surface area contributed by atoms with Gasteiger partial charge in [0.25, 0.3) is 10.2 Å². The van der Waals surface area contributed by atoms with E-state index < -0.39 is 10.2 Å². The topological polar surface area (TPSA) is 56.8 Å². The zero-order valence-corrected chi connectivity index (χ0v) is 15.1. The molecule has 1 saturated heterocycles. The van der Waals surface area contributed by atoms with Gasteiger partial charge in [0.05, 0.1) is 6.54 Å². The van der Waals surface area contributed by atoms with Gasteiger partial charge in [-0.15, -0.1) is 11.3 Å². The van der Waals surface area contributed by atoms with E-state index in [2.05, 4.69) is 9.88 Å². The molecule has 1 fully saturated rings. The fourth-order valence-electron chi connectivity index (χ4n) is 2.65. The molecule has 1 aromatic rings. The van der Waals surface area contributed by atoms with Crippen LogP contribution in [0.3, 0.4) is 0 Å². The molecule has 0 aliphatic carbocycles. The van der Waals surface area contributed by atoms with Gasteiger partial charge in [0.1, 0.15) is 5.01 Å². The van der Waals surface area contributed by atoms with E-state index in [1.54, 1.807) is 19.9 Å². The van der Waals surface area contributed by atoms with Crippen LogP contribution in [-0.2, 0) is 16.8 Å². The smallest absolute Gasteiger partial charge is 0.282 e. The largest absolute Gasteiger partial charge is 0.294 e. The van der Waals surface area contributed by atoms with E-state index in [9.17, 15) is 8.42 Å². The molecular weight excluding hydrogens is 320 g/mol. The van der Waals surface area contributed by atoms with E-state index in [0.29, 0.717) is 26.2 Å². The maximum atomic E-state index is 12.7. The predicted octanol–water partition coefficient (Wildman–Crippen LogP) is 1.63. The van der Waals surface area contributed by atoms with Gasteiger partial charge in [-0.05, 0) is 12.8 Å². The lowest BCUT2D eigenvalue weighted by Gasteiger charge is -2.36. The molecule has 2 rings (SSSR count). The highest BCUT2D eigenvalue weighted by Gasteiger charge is 2.31. The van der Waals surface area contributed by atoms with Crippen LogP contribution in [0.2, 0.25) is 0 Å². The summed E-state index contributed by atoms with van der Waals surface area (Å²) in [7, 11) is -3.31. The SMILES string of the molecule is CCCN(CCC)S(=O)(=O)N1CCN(Cc2nccs2)CC1. The lowest BCUT2D eigenvalue weighted by atomic mass is 10.3. The number of thiazole rings is 1. The molecule has 8 heteroatoms. The quantitative estimate of drug-likeness (QED) is 0.718. The van der Waals surface area contributed by atoms with Gasteiger partial charge < -0.3 is 0 Å². The first-order valence-electron chi connectivity index (χ1n) is 7.93. The van der Waals surface area contributed by atoms with Gasteiger partial charge in [-0.25, -0.2) is 4.98 Å². The van der Waals surface area contributed by atoms with Crippen molar-refractivity contribution in [3.63, 3.8) is 0 Å². The summed E-state index contributed by atoms with van der Waals surface area (Å²) in [4.78, 5) is 6.56. The molecular formula is C14H26N4O2S2. The summed E-state index contributed by atoms with van der Waals surface area (Å²) in [5, 5.41) is 3.07. The second kappa shape index (κ2) is 8.35. The van der Waals surface area contributed by atoms with Crippen LogP contribution in [0, 0.1) is 0 Å². The normalized spacial score (nSPS) is 18.1. The fraction of sp³-hybridized carbons (Fsp3) is 0.786. The summed E-state index contributed by atoms with van der Waals surface area (Å²) >= 11 is 1.65. The lowest BCUT2D eigenvalue weighted by Crippen LogP contribution is -2.53. The molecule has 0 atom stereocenters. The van der Waals surface area contributed by atoms with Crippen LogP contribution in [-0.4, -0.2) is 66.2 Å². The molecule has 0 aromatic carbocycles. The third-order valence-corrected chi connectivity index (χ3v) is 6.57. The first-order chi connectivity index (χ1) is 10.6. The molecule has 126 valence electrons. The van der Waals surface area contributed by atoms with Crippen LogP contribution in [0.1, 0.15) is 31.7 Å². The highest BCUT2D eigenvalue weighted by molar-refractivity contribution is 7.86. The Hall–Kier alpha value is -0.540. The summed E-state index contributed by atoms with van der Waals surface area (Å²) in [6.07, 6.45) is 3.51. The minimum atomic E-state index is -3.31. The molecule has 1 aliphatic rings. The van der Waals surface area contributed by atoms with Gasteiger partial charge in [0.2, 0.25) is 0 Å². The maximum Gasteiger partial charge on any atom is 0.282 e. The van der Waals surface area contributed by atoms with Gasteiger partial charge in [0.15, 0.2) is 0 Å². The van der Waals surface area contributed by atoms with Crippen molar-refractivity contribution in [1.29, 1.82) is 0 Å². The van der Waals surface area contributed by atoms with Crippen LogP contribution in [0.15, 0.2) is 11.6 Å². The van der Waals surface area contributed by atoms with Crippen molar-refractivity contribution in [3.8, 4) is 0 Å². The standard InChI is InChI=1S/C14H26N4O2S2/c1-3-6-17(7-4-2)22(19,20)18-10-8-16(9-11-18)13-14-15-5-12-21-14/h5,12H,3-4,6-11,13H2,1-2H3. The van der Waals surface area contributed by atoms with Crippen molar-refractivity contribution in [2.45, 2.75) is 33.2 Å². The Bertz CT molecular complexity index is 519. The van der Waals surface area contributed by atoms with Crippen molar-refractivity contribution >= 4 is 21.5 Å². The molecule has 0 N–H and O–H groups in total. The fourth-order valence-corrected chi connectivity index (χ4v) is 5.08. The average Bonchev–Trinajstić information content (AvgIpc) is 3.00. The second-order valence-corrected chi connectivity index (χ2v) is 8.42. The van der Waals surface area contributed by atoms with E-state index in [4.69, 9.17) is 0 Å². The molecule has 2 heterocycles. The number of hydrogen-bond acceptors (Lipinski definition) is 5. The number of rotatable bonds is 8. The highest BCUT2D eigenvalue weighted by Crippen LogP contribution is 2.15. The van der Waals surface area contributed by atoms with Gasteiger partial charge in [-0.1, -0.05) is 13.8 Å². The molecule has 0 bridgehead atoms. The van der Waals surface area contributed by atoms with Gasteiger partial charge in [-0.2, -0.15) is 17.0 Å². The van der Waals surface area contributed by atoms with Crippen LogP contribution < -0.4 is 0 Å². The molecule has 0 radical (unpaired) electrons. The van der Waals surface area contributed by atoms with Crippen molar-refractivity contribution in [2.24, 2.45) is 0 Å². The molecule has 22 heavy (non-hydrogen) atoms. The first-order valence-corrected chi connectivity index (χ1v) is 10.2. The van der Waals surface area contributed by atoms with Crippen molar-refractivity contribution < 1.29 is 8.42 Å². The van der Waals surface area contributed by atoms with Crippen molar-refractivity contribution in [1.82, 2.24) is 18.5 Å². The second-order valence-electron chi connectivity index (χ2n) is 5.51. The van der Waals surface area contributed by atoms with E-state index in [1.165, 1.54) is 0 Å². The lowest BCUT2D eigenvalue weighted by molar-refractivity contribution is 0.174. The minimum absolute atomic E-state index is 0.567. The Morgan fingerprint density at radius 2 is 1.82 bits per heavy atom. The summed E-state index contributed by atoms with van der Waals surface area (Å²) < 4.78 is 28.7. The van der Waals surface area contributed by atoms with E-state index in [0.717, 1.165) is 37.5 Å². The molecule has 1 aliphatic heterocycles. The van der Waals surface area contributed by atoms with E-state index in [-0.39, 0.29) is 0 Å². The van der Waals surface area contributed by atoms with Gasteiger partial charge in [0, 0.05) is 50.8 Å².